The fourth-order valence-corrected chi connectivity index (χ4v) is 4.39. The maximum atomic E-state index is 12.6. The van der Waals surface area contributed by atoms with Crippen molar-refractivity contribution >= 4 is 17.0 Å². The van der Waals surface area contributed by atoms with E-state index in [-0.39, 0.29) is 32.2 Å². The number of pyridine rings is 1. The Balaban J connectivity index is 0.000000197. The van der Waals surface area contributed by atoms with Gasteiger partial charge in [-0.05, 0) is 47.5 Å². The number of rotatable bonds is 5. The van der Waals surface area contributed by atoms with Crippen molar-refractivity contribution in [3.05, 3.63) is 155 Å². The molecule has 6 rings (SSSR count). The Morgan fingerprint density at radius 1 is 0.795 bits per heavy atom. The zero-order chi connectivity index (χ0) is 30.4. The largest absolute Gasteiger partial charge is 0.477 e. The first-order chi connectivity index (χ1) is 20.7. The number of hydrogen-bond donors (Lipinski definition) is 1. The number of nitrogens with zero attached hydrogens (tertiary/aromatic N) is 3. The number of benzene rings is 4. The van der Waals surface area contributed by atoms with Crippen molar-refractivity contribution in [2.45, 2.75) is 12.7 Å². The van der Waals surface area contributed by atoms with E-state index in [2.05, 4.69) is 18.2 Å². The summed E-state index contributed by atoms with van der Waals surface area (Å²) in [6.07, 6.45) is -3.14. The minimum atomic E-state index is -4.47. The predicted molar refractivity (Wildman–Crippen MR) is 157 cm³/mol. The summed E-state index contributed by atoms with van der Waals surface area (Å²) in [5.74, 6) is -1.38. The van der Waals surface area contributed by atoms with E-state index in [1.807, 2.05) is 66.7 Å². The van der Waals surface area contributed by atoms with Gasteiger partial charge in [-0.2, -0.15) is 13.2 Å². The predicted octanol–water partition coefficient (Wildman–Crippen LogP) is 7.38. The molecule has 6 nitrogen and oxygen atoms in total. The Bertz CT molecular complexity index is 1870. The maximum Gasteiger partial charge on any atom is 0.416 e. The molecule has 10 heteroatoms. The third-order valence-electron chi connectivity index (χ3n) is 6.44. The van der Waals surface area contributed by atoms with E-state index in [4.69, 9.17) is 15.1 Å². The van der Waals surface area contributed by atoms with Crippen LogP contribution in [0.25, 0.3) is 33.5 Å². The number of aromatic carboxylic acids is 1. The van der Waals surface area contributed by atoms with E-state index in [1.54, 1.807) is 0 Å². The van der Waals surface area contributed by atoms with Gasteiger partial charge in [0, 0.05) is 32.0 Å². The molecule has 2 heterocycles. The van der Waals surface area contributed by atoms with E-state index in [9.17, 15) is 22.8 Å². The molecular formula is C34H23F3IrN3O3-. The van der Waals surface area contributed by atoms with Gasteiger partial charge in [0.1, 0.15) is 5.56 Å². The molecule has 1 N–H and O–H groups in total. The molecule has 0 saturated carbocycles. The molecule has 0 aliphatic heterocycles. The molecule has 0 aliphatic rings. The fourth-order valence-electron chi connectivity index (χ4n) is 4.39. The minimum absolute atomic E-state index is 0. The van der Waals surface area contributed by atoms with Crippen molar-refractivity contribution in [1.29, 1.82) is 0 Å². The molecule has 0 aliphatic carbocycles. The molecule has 0 unspecified atom stereocenters. The summed E-state index contributed by atoms with van der Waals surface area (Å²) in [7, 11) is 0. The summed E-state index contributed by atoms with van der Waals surface area (Å²) in [6, 6.07) is 36.3. The molecule has 6 aromatic rings. The molecule has 1 radical (unpaired) electrons. The third-order valence-corrected chi connectivity index (χ3v) is 6.44. The standard InChI is InChI=1S/C20H13N2.C14H10F3NO3.Ir/c1-3-9-15(10-4-1)19-20(16-11-5-2-6-12-16)22-18-14-8-7-13-17(18)21-19;15-14(16,17)10-4-1-3-9(7-10)8-18-6-2-5-11(12(18)19)13(20)21;/h1-11,13-14H;1-7H,8H2,(H,20,21);/q-1;;. The molecule has 2 aromatic heterocycles. The van der Waals surface area contributed by atoms with Crippen molar-refractivity contribution < 1.29 is 43.2 Å². The van der Waals surface area contributed by atoms with Crippen LogP contribution in [0, 0.1) is 6.07 Å². The van der Waals surface area contributed by atoms with Gasteiger partial charge in [-0.25, -0.2) is 4.79 Å². The molecule has 4 aromatic carbocycles. The van der Waals surface area contributed by atoms with E-state index < -0.39 is 28.8 Å². The molecule has 223 valence electrons. The number of carboxylic acid groups (broad SMARTS) is 1. The zero-order valence-electron chi connectivity index (χ0n) is 22.8. The number of alkyl halides is 3. The average molecular weight is 771 g/mol. The molecular weight excluding hydrogens is 748 g/mol. The van der Waals surface area contributed by atoms with Gasteiger partial charge in [0.15, 0.2) is 0 Å². The number of fused-ring (bicyclic) bond motifs is 1. The number of carboxylic acids is 1. The number of carbonyl (C=O) groups is 1. The van der Waals surface area contributed by atoms with Crippen molar-refractivity contribution in [3.63, 3.8) is 0 Å². The van der Waals surface area contributed by atoms with Crippen LogP contribution in [-0.2, 0) is 32.8 Å². The van der Waals surface area contributed by atoms with Crippen LogP contribution in [0.2, 0.25) is 0 Å². The smallest absolute Gasteiger partial charge is 0.416 e. The number of hydrogen-bond acceptors (Lipinski definition) is 4. The first kappa shape index (κ1) is 32.0. The summed E-state index contributed by atoms with van der Waals surface area (Å²) in [6.45, 7) is -0.135. The fraction of sp³-hybridized carbons (Fsp3) is 0.0588. The van der Waals surface area contributed by atoms with E-state index in [0.29, 0.717) is 0 Å². The van der Waals surface area contributed by atoms with Crippen LogP contribution in [0.3, 0.4) is 0 Å². The normalized spacial score (nSPS) is 10.8. The average Bonchev–Trinajstić information content (AvgIpc) is 3.02. The summed E-state index contributed by atoms with van der Waals surface area (Å²) in [5.41, 5.74) is 3.83. The Morgan fingerprint density at radius 2 is 1.45 bits per heavy atom. The third kappa shape index (κ3) is 7.53. The van der Waals surface area contributed by atoms with Gasteiger partial charge in [0.2, 0.25) is 0 Å². The van der Waals surface area contributed by atoms with Crippen molar-refractivity contribution in [3.8, 4) is 22.5 Å². The van der Waals surface area contributed by atoms with Crippen molar-refractivity contribution in [1.82, 2.24) is 14.5 Å². The molecule has 0 amide bonds. The second kappa shape index (κ2) is 14.0. The number of aromatic nitrogens is 3. The molecule has 0 fully saturated rings. The minimum Gasteiger partial charge on any atom is -0.477 e. The van der Waals surface area contributed by atoms with Gasteiger partial charge >= 0.3 is 12.1 Å². The van der Waals surface area contributed by atoms with Gasteiger partial charge in [0.25, 0.3) is 5.56 Å². The summed E-state index contributed by atoms with van der Waals surface area (Å²) in [5, 5.41) is 8.84. The van der Waals surface area contributed by atoms with E-state index >= 15 is 0 Å². The summed E-state index contributed by atoms with van der Waals surface area (Å²) >= 11 is 0. The van der Waals surface area contributed by atoms with Crippen molar-refractivity contribution in [2.24, 2.45) is 0 Å². The summed E-state index contributed by atoms with van der Waals surface area (Å²) < 4.78 is 38.9. The van der Waals surface area contributed by atoms with Gasteiger partial charge in [0.05, 0.1) is 28.8 Å². The van der Waals surface area contributed by atoms with Crippen LogP contribution in [0.15, 0.2) is 126 Å². The van der Waals surface area contributed by atoms with Crippen LogP contribution in [0.5, 0.6) is 0 Å². The molecule has 44 heavy (non-hydrogen) atoms. The van der Waals surface area contributed by atoms with Crippen molar-refractivity contribution in [2.75, 3.05) is 0 Å². The van der Waals surface area contributed by atoms with E-state index in [1.165, 1.54) is 24.4 Å². The first-order valence-electron chi connectivity index (χ1n) is 13.1. The SMILES string of the molecule is O=C(O)c1cccn(Cc2cccc(C(F)(F)F)c2)c1=O.[Ir].[c-]1ccccc1-c1nc2ccccc2nc1-c1ccccc1. The Kier molecular flexibility index (Phi) is 10.2. The topological polar surface area (TPSA) is 85.1 Å². The van der Waals surface area contributed by atoms with Gasteiger partial charge in [-0.3, -0.25) is 14.8 Å². The van der Waals surface area contributed by atoms with Crippen LogP contribution < -0.4 is 5.56 Å². The number of para-hydroxylation sites is 2. The molecule has 0 saturated heterocycles. The Hall–Kier alpha value is -4.92. The Morgan fingerprint density at radius 3 is 2.09 bits per heavy atom. The van der Waals surface area contributed by atoms with E-state index in [0.717, 1.165) is 56.3 Å². The van der Waals surface area contributed by atoms with Crippen LogP contribution in [0.1, 0.15) is 21.5 Å². The van der Waals surface area contributed by atoms with Gasteiger partial charge < -0.3 is 9.67 Å². The zero-order valence-corrected chi connectivity index (χ0v) is 25.2. The first-order valence-corrected chi connectivity index (χ1v) is 13.1. The van der Waals surface area contributed by atoms with Crippen LogP contribution in [0.4, 0.5) is 13.2 Å². The van der Waals surface area contributed by atoms with Crippen LogP contribution in [-0.4, -0.2) is 25.6 Å². The molecule has 0 atom stereocenters. The van der Waals surface area contributed by atoms with Gasteiger partial charge in [-0.15, -0.1) is 35.9 Å². The Labute approximate surface area is 263 Å². The summed E-state index contributed by atoms with van der Waals surface area (Å²) in [4.78, 5) is 32.4. The number of halogens is 3. The second-order valence-corrected chi connectivity index (χ2v) is 9.41. The maximum absolute atomic E-state index is 12.6. The molecule has 0 bridgehead atoms. The molecule has 0 spiro atoms. The van der Waals surface area contributed by atoms with Gasteiger partial charge in [-0.1, -0.05) is 54.6 Å². The van der Waals surface area contributed by atoms with Crippen LogP contribution >= 0.6 is 0 Å². The second-order valence-electron chi connectivity index (χ2n) is 9.41. The quantitative estimate of drug-likeness (QED) is 0.185. The monoisotopic (exact) mass is 771 g/mol.